The molecule has 0 fully saturated rings. The van der Waals surface area contributed by atoms with Crippen molar-refractivity contribution in [1.29, 1.82) is 0 Å². The van der Waals surface area contributed by atoms with Crippen molar-refractivity contribution in [2.45, 2.75) is 27.7 Å². The van der Waals surface area contributed by atoms with E-state index in [0.29, 0.717) is 24.9 Å². The first kappa shape index (κ1) is 18.0. The van der Waals surface area contributed by atoms with Gasteiger partial charge in [0.25, 0.3) is 0 Å². The number of ether oxygens (including phenoxy) is 2. The average molecular weight is 307 g/mol. The number of methoxy groups -OCH3 is 1. The van der Waals surface area contributed by atoms with E-state index in [0.717, 1.165) is 0 Å². The molecular weight excluding hydrogens is 282 g/mol. The van der Waals surface area contributed by atoms with Crippen LogP contribution in [-0.4, -0.2) is 37.2 Å². The molecule has 0 heterocycles. The molecule has 122 valence electrons. The summed E-state index contributed by atoms with van der Waals surface area (Å²) in [5, 5.41) is 0. The maximum atomic E-state index is 12.4. The summed E-state index contributed by atoms with van der Waals surface area (Å²) in [4.78, 5) is 25.8. The fraction of sp³-hybridized carbons (Fsp3) is 0.529. The van der Waals surface area contributed by atoms with Crippen LogP contribution in [0.25, 0.3) is 0 Å². The first-order valence-electron chi connectivity index (χ1n) is 7.49. The van der Waals surface area contributed by atoms with Gasteiger partial charge >= 0.3 is 12.1 Å². The molecule has 0 atom stereocenters. The van der Waals surface area contributed by atoms with Gasteiger partial charge in [0.2, 0.25) is 0 Å². The summed E-state index contributed by atoms with van der Waals surface area (Å²) in [6.45, 7) is 9.40. The molecule has 0 bridgehead atoms. The number of rotatable bonds is 6. The van der Waals surface area contributed by atoms with Crippen molar-refractivity contribution in [3.05, 3.63) is 29.8 Å². The van der Waals surface area contributed by atoms with Gasteiger partial charge < -0.3 is 14.4 Å². The monoisotopic (exact) mass is 307 g/mol. The fourth-order valence-corrected chi connectivity index (χ4v) is 2.10. The van der Waals surface area contributed by atoms with Crippen LogP contribution in [0.5, 0.6) is 5.75 Å². The lowest BCUT2D eigenvalue weighted by Crippen LogP contribution is -2.39. The third kappa shape index (κ3) is 5.39. The third-order valence-electron chi connectivity index (χ3n) is 2.92. The lowest BCUT2D eigenvalue weighted by molar-refractivity contribution is 0.0596. The Labute approximate surface area is 132 Å². The number of carbonyl (C=O) groups excluding carboxylic acids is 2. The van der Waals surface area contributed by atoms with Gasteiger partial charge in [0, 0.05) is 13.1 Å². The lowest BCUT2D eigenvalue weighted by Gasteiger charge is -2.25. The van der Waals surface area contributed by atoms with Crippen molar-refractivity contribution in [3.63, 3.8) is 0 Å². The minimum atomic E-state index is -0.525. The summed E-state index contributed by atoms with van der Waals surface area (Å²) in [5.74, 6) is 0.365. The van der Waals surface area contributed by atoms with Gasteiger partial charge in [-0.05, 0) is 24.0 Å². The van der Waals surface area contributed by atoms with E-state index in [-0.39, 0.29) is 11.3 Å². The Balaban J connectivity index is 2.91. The Hall–Kier alpha value is -2.04. The normalized spacial score (nSPS) is 10.7. The third-order valence-corrected chi connectivity index (χ3v) is 2.92. The molecule has 0 N–H and O–H groups in total. The number of para-hydroxylation sites is 1. The molecule has 1 aromatic rings. The number of carbonyl (C=O) groups is 2. The van der Waals surface area contributed by atoms with Gasteiger partial charge in [0.05, 0.1) is 7.11 Å². The van der Waals surface area contributed by atoms with Crippen molar-refractivity contribution < 1.29 is 19.1 Å². The van der Waals surface area contributed by atoms with Crippen LogP contribution in [0, 0.1) is 11.8 Å². The standard InChI is InChI=1S/C17H25NO4/c1-12(2)10-18(11-13(3)4)17(20)22-15-9-7-6-8-14(15)16(19)21-5/h6-9,12-13H,10-11H2,1-5H3. The largest absolute Gasteiger partial charge is 0.465 e. The Morgan fingerprint density at radius 2 is 1.59 bits per heavy atom. The molecule has 1 amide bonds. The van der Waals surface area contributed by atoms with Crippen molar-refractivity contribution in [2.24, 2.45) is 11.8 Å². The highest BCUT2D eigenvalue weighted by Crippen LogP contribution is 2.20. The molecule has 5 heteroatoms. The summed E-state index contributed by atoms with van der Waals surface area (Å²) in [5.41, 5.74) is 0.243. The second kappa shape index (κ2) is 8.41. The van der Waals surface area contributed by atoms with E-state index in [2.05, 4.69) is 0 Å². The SMILES string of the molecule is COC(=O)c1ccccc1OC(=O)N(CC(C)C)CC(C)C. The molecule has 0 aliphatic heterocycles. The van der Waals surface area contributed by atoms with Gasteiger partial charge in [-0.3, -0.25) is 0 Å². The molecule has 1 rings (SSSR count). The number of benzene rings is 1. The molecular formula is C17H25NO4. The van der Waals surface area contributed by atoms with Gasteiger partial charge in [-0.25, -0.2) is 9.59 Å². The summed E-state index contributed by atoms with van der Waals surface area (Å²) in [6.07, 6.45) is -0.446. The summed E-state index contributed by atoms with van der Waals surface area (Å²) in [6, 6.07) is 6.57. The number of hydrogen-bond donors (Lipinski definition) is 0. The Morgan fingerprint density at radius 1 is 1.05 bits per heavy atom. The number of amides is 1. The zero-order valence-corrected chi connectivity index (χ0v) is 14.0. The molecule has 0 saturated carbocycles. The highest BCUT2D eigenvalue weighted by atomic mass is 16.6. The first-order valence-corrected chi connectivity index (χ1v) is 7.49. The Kier molecular flexibility index (Phi) is 6.89. The molecule has 0 saturated heterocycles. The van der Waals surface area contributed by atoms with Crippen LogP contribution in [0.1, 0.15) is 38.1 Å². The molecule has 0 spiro atoms. The molecule has 0 aliphatic rings. The van der Waals surface area contributed by atoms with Gasteiger partial charge in [0.1, 0.15) is 11.3 Å². The van der Waals surface area contributed by atoms with Crippen LogP contribution in [0.3, 0.4) is 0 Å². The molecule has 1 aromatic carbocycles. The van der Waals surface area contributed by atoms with Gasteiger partial charge in [0.15, 0.2) is 0 Å². The van der Waals surface area contributed by atoms with Crippen molar-refractivity contribution in [2.75, 3.05) is 20.2 Å². The smallest absolute Gasteiger partial charge is 0.415 e. The highest BCUT2D eigenvalue weighted by molar-refractivity contribution is 5.93. The van der Waals surface area contributed by atoms with E-state index in [4.69, 9.17) is 9.47 Å². The minimum absolute atomic E-state index is 0.219. The zero-order valence-electron chi connectivity index (χ0n) is 14.0. The molecule has 0 radical (unpaired) electrons. The van der Waals surface area contributed by atoms with Gasteiger partial charge in [-0.15, -0.1) is 0 Å². The fourth-order valence-electron chi connectivity index (χ4n) is 2.10. The van der Waals surface area contributed by atoms with Crippen molar-refractivity contribution in [3.8, 4) is 5.75 Å². The second-order valence-electron chi connectivity index (χ2n) is 6.05. The van der Waals surface area contributed by atoms with E-state index in [1.54, 1.807) is 29.2 Å². The molecule has 0 aliphatic carbocycles. The van der Waals surface area contributed by atoms with E-state index in [1.807, 2.05) is 27.7 Å². The highest BCUT2D eigenvalue weighted by Gasteiger charge is 2.21. The Morgan fingerprint density at radius 3 is 2.09 bits per heavy atom. The average Bonchev–Trinajstić information content (AvgIpc) is 2.45. The first-order chi connectivity index (χ1) is 10.3. The van der Waals surface area contributed by atoms with E-state index >= 15 is 0 Å². The van der Waals surface area contributed by atoms with Crippen LogP contribution >= 0.6 is 0 Å². The van der Waals surface area contributed by atoms with E-state index in [1.165, 1.54) is 7.11 Å². The van der Waals surface area contributed by atoms with Gasteiger partial charge in [-0.2, -0.15) is 0 Å². The maximum absolute atomic E-state index is 12.4. The summed E-state index contributed by atoms with van der Waals surface area (Å²) >= 11 is 0. The lowest BCUT2D eigenvalue weighted by atomic mass is 10.1. The Bertz CT molecular complexity index is 501. The molecule has 5 nitrogen and oxygen atoms in total. The van der Waals surface area contributed by atoms with Crippen LogP contribution < -0.4 is 4.74 Å². The predicted octanol–water partition coefficient (Wildman–Crippen LogP) is 3.59. The zero-order chi connectivity index (χ0) is 16.7. The van der Waals surface area contributed by atoms with Crippen LogP contribution in [0.2, 0.25) is 0 Å². The van der Waals surface area contributed by atoms with Crippen molar-refractivity contribution in [1.82, 2.24) is 4.90 Å². The topological polar surface area (TPSA) is 55.8 Å². The number of nitrogens with zero attached hydrogens (tertiary/aromatic N) is 1. The quantitative estimate of drug-likeness (QED) is 0.754. The van der Waals surface area contributed by atoms with Gasteiger partial charge in [-0.1, -0.05) is 39.8 Å². The van der Waals surface area contributed by atoms with Crippen molar-refractivity contribution >= 4 is 12.1 Å². The van der Waals surface area contributed by atoms with Crippen LogP contribution in [0.4, 0.5) is 4.79 Å². The number of esters is 1. The molecule has 0 aromatic heterocycles. The molecule has 22 heavy (non-hydrogen) atoms. The molecule has 0 unspecified atom stereocenters. The van der Waals surface area contributed by atoms with E-state index < -0.39 is 12.1 Å². The predicted molar refractivity (Wildman–Crippen MR) is 85.1 cm³/mol. The number of hydrogen-bond acceptors (Lipinski definition) is 4. The maximum Gasteiger partial charge on any atom is 0.415 e. The van der Waals surface area contributed by atoms with E-state index in [9.17, 15) is 9.59 Å². The van der Waals surface area contributed by atoms with Crippen LogP contribution in [0.15, 0.2) is 24.3 Å². The summed E-state index contributed by atoms with van der Waals surface area (Å²) in [7, 11) is 1.30. The van der Waals surface area contributed by atoms with Crippen LogP contribution in [-0.2, 0) is 4.74 Å². The minimum Gasteiger partial charge on any atom is -0.465 e. The summed E-state index contributed by atoms with van der Waals surface area (Å²) < 4.78 is 10.1. The second-order valence-corrected chi connectivity index (χ2v) is 6.05.